The van der Waals surface area contributed by atoms with Crippen LogP contribution in [0.1, 0.15) is 16.7 Å². The highest BCUT2D eigenvalue weighted by Crippen LogP contribution is 2.39. The molecule has 0 bridgehead atoms. The summed E-state index contributed by atoms with van der Waals surface area (Å²) in [4.78, 5) is 20.7. The third-order valence-corrected chi connectivity index (χ3v) is 7.31. The number of carbonyl (C=O) groups excluding carboxylic acids is 1. The number of benzene rings is 4. The van der Waals surface area contributed by atoms with Gasteiger partial charge in [-0.3, -0.25) is 9.69 Å². The molecule has 5 nitrogen and oxygen atoms in total. The maximum absolute atomic E-state index is 13.7. The first kappa shape index (κ1) is 27.3. The molecule has 0 aromatic heterocycles. The standard InChI is InChI=1S/C33H27ClN2O3S/c1-3-11-25-18-24(20-29(38-2)31(25)39-22-23-12-10-13-26(34)19-23)21-30-32(37)36(28-16-8-5-9-17-28)33(40-30)35-27-14-6-4-7-15-27/h3-10,12-21H,1,11,22H2,2H3/b30-21+,35-33?. The van der Waals surface area contributed by atoms with Gasteiger partial charge in [0.1, 0.15) is 6.61 Å². The molecule has 4 aromatic carbocycles. The Labute approximate surface area is 243 Å². The largest absolute Gasteiger partial charge is 0.493 e. The Kier molecular flexibility index (Phi) is 8.69. The van der Waals surface area contributed by atoms with E-state index in [2.05, 4.69) is 6.58 Å². The zero-order valence-corrected chi connectivity index (χ0v) is 23.5. The van der Waals surface area contributed by atoms with Crippen LogP contribution in [0.15, 0.2) is 120 Å². The van der Waals surface area contributed by atoms with Gasteiger partial charge in [0.2, 0.25) is 0 Å². The lowest BCUT2D eigenvalue weighted by Crippen LogP contribution is -2.28. The highest BCUT2D eigenvalue weighted by Gasteiger charge is 2.34. The number of amidine groups is 1. The third-order valence-electron chi connectivity index (χ3n) is 6.11. The van der Waals surface area contributed by atoms with Gasteiger partial charge in [-0.1, -0.05) is 66.2 Å². The maximum Gasteiger partial charge on any atom is 0.271 e. The Morgan fingerprint density at radius 2 is 1.73 bits per heavy atom. The van der Waals surface area contributed by atoms with Gasteiger partial charge in [0, 0.05) is 10.6 Å². The molecule has 5 rings (SSSR count). The number of para-hydroxylation sites is 2. The van der Waals surface area contributed by atoms with Crippen molar-refractivity contribution in [2.24, 2.45) is 4.99 Å². The summed E-state index contributed by atoms with van der Waals surface area (Å²) in [7, 11) is 1.60. The van der Waals surface area contributed by atoms with E-state index < -0.39 is 0 Å². The molecule has 0 atom stereocenters. The molecule has 1 amide bonds. The third kappa shape index (κ3) is 6.30. The van der Waals surface area contributed by atoms with Gasteiger partial charge in [-0.25, -0.2) is 4.99 Å². The van der Waals surface area contributed by atoms with Crippen molar-refractivity contribution >= 4 is 51.9 Å². The molecule has 1 fully saturated rings. The smallest absolute Gasteiger partial charge is 0.271 e. The van der Waals surface area contributed by atoms with E-state index in [1.807, 2.05) is 109 Å². The second kappa shape index (κ2) is 12.7. The highest BCUT2D eigenvalue weighted by molar-refractivity contribution is 8.19. The molecule has 200 valence electrons. The molecule has 0 unspecified atom stereocenters. The Bertz CT molecular complexity index is 1590. The molecule has 0 N–H and O–H groups in total. The van der Waals surface area contributed by atoms with Gasteiger partial charge in [-0.05, 0) is 83.9 Å². The lowest BCUT2D eigenvalue weighted by Gasteiger charge is -2.16. The molecule has 1 aliphatic rings. The van der Waals surface area contributed by atoms with Crippen LogP contribution in [-0.4, -0.2) is 18.2 Å². The predicted octanol–water partition coefficient (Wildman–Crippen LogP) is 8.46. The van der Waals surface area contributed by atoms with Crippen molar-refractivity contribution < 1.29 is 14.3 Å². The summed E-state index contributed by atoms with van der Waals surface area (Å²) in [6.07, 6.45) is 4.25. The van der Waals surface area contributed by atoms with Crippen molar-refractivity contribution in [1.82, 2.24) is 0 Å². The monoisotopic (exact) mass is 566 g/mol. The second-order valence-corrected chi connectivity index (χ2v) is 10.4. The Hall–Kier alpha value is -4.26. The van der Waals surface area contributed by atoms with Crippen molar-refractivity contribution in [3.05, 3.63) is 136 Å². The molecular weight excluding hydrogens is 540 g/mol. The quantitative estimate of drug-likeness (QED) is 0.151. The molecule has 0 radical (unpaired) electrons. The lowest BCUT2D eigenvalue weighted by atomic mass is 10.0. The number of halogens is 1. The van der Waals surface area contributed by atoms with E-state index in [4.69, 9.17) is 26.1 Å². The molecule has 0 spiro atoms. The van der Waals surface area contributed by atoms with Crippen molar-refractivity contribution in [2.45, 2.75) is 13.0 Å². The van der Waals surface area contributed by atoms with Crippen LogP contribution in [0.4, 0.5) is 11.4 Å². The zero-order chi connectivity index (χ0) is 27.9. The number of thioether (sulfide) groups is 1. The van der Waals surface area contributed by atoms with Gasteiger partial charge < -0.3 is 9.47 Å². The summed E-state index contributed by atoms with van der Waals surface area (Å²) in [5, 5.41) is 1.24. The average molecular weight is 567 g/mol. The lowest BCUT2D eigenvalue weighted by molar-refractivity contribution is -0.113. The average Bonchev–Trinajstić information content (AvgIpc) is 3.27. The number of methoxy groups -OCH3 is 1. The number of nitrogens with zero attached hydrogens (tertiary/aromatic N) is 2. The van der Waals surface area contributed by atoms with Crippen LogP contribution in [0.25, 0.3) is 6.08 Å². The number of hydrogen-bond donors (Lipinski definition) is 0. The van der Waals surface area contributed by atoms with Crippen LogP contribution >= 0.6 is 23.4 Å². The SMILES string of the molecule is C=CCc1cc(/C=C2/SC(=Nc3ccccc3)N(c3ccccc3)C2=O)cc(OC)c1OCc1cccc(Cl)c1. The molecule has 4 aromatic rings. The van der Waals surface area contributed by atoms with Crippen molar-refractivity contribution in [2.75, 3.05) is 12.0 Å². The van der Waals surface area contributed by atoms with Crippen molar-refractivity contribution in [3.63, 3.8) is 0 Å². The van der Waals surface area contributed by atoms with Crippen molar-refractivity contribution in [1.29, 1.82) is 0 Å². The summed E-state index contributed by atoms with van der Waals surface area (Å²) in [5.41, 5.74) is 4.19. The minimum Gasteiger partial charge on any atom is -0.493 e. The number of rotatable bonds is 9. The van der Waals surface area contributed by atoms with Crippen molar-refractivity contribution in [3.8, 4) is 11.5 Å². The van der Waals surface area contributed by atoms with E-state index in [9.17, 15) is 4.79 Å². The van der Waals surface area contributed by atoms with E-state index in [0.717, 1.165) is 28.1 Å². The summed E-state index contributed by atoms with van der Waals surface area (Å²) < 4.78 is 11.9. The van der Waals surface area contributed by atoms with Gasteiger partial charge in [0.05, 0.1) is 23.4 Å². The van der Waals surface area contributed by atoms with Gasteiger partial charge in [-0.2, -0.15) is 0 Å². The first-order valence-electron chi connectivity index (χ1n) is 12.7. The number of carbonyl (C=O) groups is 1. The van der Waals surface area contributed by atoms with Gasteiger partial charge >= 0.3 is 0 Å². The van der Waals surface area contributed by atoms with E-state index >= 15 is 0 Å². The molecule has 1 heterocycles. The normalized spacial score (nSPS) is 15.1. The fourth-order valence-corrected chi connectivity index (χ4v) is 5.50. The Morgan fingerprint density at radius 3 is 2.42 bits per heavy atom. The number of aliphatic imine (C=N–C) groups is 1. The fourth-order valence-electron chi connectivity index (χ4n) is 4.29. The van der Waals surface area contributed by atoms with E-state index in [1.54, 1.807) is 12.0 Å². The Balaban J connectivity index is 1.50. The number of allylic oxidation sites excluding steroid dienone is 1. The summed E-state index contributed by atoms with van der Waals surface area (Å²) in [5.74, 6) is 1.06. The highest BCUT2D eigenvalue weighted by atomic mass is 35.5. The minimum absolute atomic E-state index is 0.142. The summed E-state index contributed by atoms with van der Waals surface area (Å²) in [6.45, 7) is 4.25. The molecule has 7 heteroatoms. The molecule has 1 aliphatic heterocycles. The van der Waals surface area contributed by atoms with Crippen LogP contribution in [0.2, 0.25) is 5.02 Å². The topological polar surface area (TPSA) is 51.1 Å². The van der Waals surface area contributed by atoms with Gasteiger partial charge in [0.25, 0.3) is 5.91 Å². The first-order valence-corrected chi connectivity index (χ1v) is 13.9. The minimum atomic E-state index is -0.142. The Morgan fingerprint density at radius 1 is 0.975 bits per heavy atom. The first-order chi connectivity index (χ1) is 19.6. The van der Waals surface area contributed by atoms with Crippen LogP contribution < -0.4 is 14.4 Å². The summed E-state index contributed by atoms with van der Waals surface area (Å²) in [6, 6.07) is 30.6. The van der Waals surface area contributed by atoms with Crippen LogP contribution in [0.3, 0.4) is 0 Å². The summed E-state index contributed by atoms with van der Waals surface area (Å²) >= 11 is 7.48. The number of hydrogen-bond acceptors (Lipinski definition) is 5. The number of anilines is 1. The van der Waals surface area contributed by atoms with E-state index in [1.165, 1.54) is 11.8 Å². The molecule has 40 heavy (non-hydrogen) atoms. The van der Waals surface area contributed by atoms with Crippen LogP contribution in [-0.2, 0) is 17.8 Å². The van der Waals surface area contributed by atoms with Gasteiger partial charge in [-0.15, -0.1) is 6.58 Å². The number of ether oxygens (including phenoxy) is 2. The van der Waals surface area contributed by atoms with Gasteiger partial charge in [0.15, 0.2) is 16.7 Å². The molecule has 1 saturated heterocycles. The van der Waals surface area contributed by atoms with Crippen LogP contribution in [0, 0.1) is 0 Å². The fraction of sp³-hybridized carbons (Fsp3) is 0.0909. The van der Waals surface area contributed by atoms with E-state index in [0.29, 0.717) is 39.6 Å². The van der Waals surface area contributed by atoms with Crippen LogP contribution in [0.5, 0.6) is 11.5 Å². The van der Waals surface area contributed by atoms with E-state index in [-0.39, 0.29) is 5.91 Å². The number of amides is 1. The molecule has 0 saturated carbocycles. The molecular formula is C33H27ClN2O3S. The predicted molar refractivity (Wildman–Crippen MR) is 166 cm³/mol. The second-order valence-electron chi connectivity index (χ2n) is 8.94. The maximum atomic E-state index is 13.7. The molecule has 0 aliphatic carbocycles. The zero-order valence-electron chi connectivity index (χ0n) is 21.9.